The SMILES string of the molecule is CC(=O)CC(=O)c1ccc(CC(N)C(=O)O)cc1. The van der Waals surface area contributed by atoms with Crippen LogP contribution in [0.4, 0.5) is 0 Å². The minimum Gasteiger partial charge on any atom is -0.480 e. The molecule has 0 bridgehead atoms. The first-order valence-corrected chi connectivity index (χ1v) is 5.50. The van der Waals surface area contributed by atoms with Crippen LogP contribution in [0.25, 0.3) is 0 Å². The molecule has 0 aliphatic rings. The highest BCUT2D eigenvalue weighted by molar-refractivity contribution is 6.07. The summed E-state index contributed by atoms with van der Waals surface area (Å²) in [5, 5.41) is 8.67. The van der Waals surface area contributed by atoms with E-state index >= 15 is 0 Å². The highest BCUT2D eigenvalue weighted by Crippen LogP contribution is 2.09. The van der Waals surface area contributed by atoms with Crippen LogP contribution >= 0.6 is 0 Å². The number of Topliss-reactive ketones (excluding diaryl/α,β-unsaturated/α-hetero) is 2. The first kappa shape index (κ1) is 14.1. The standard InChI is InChI=1S/C13H15NO4/c1-8(15)6-12(16)10-4-2-9(3-5-10)7-11(14)13(17)18/h2-5,11H,6-7,14H2,1H3,(H,17,18). The number of aliphatic carboxylic acids is 1. The molecule has 0 aromatic heterocycles. The van der Waals surface area contributed by atoms with Gasteiger partial charge in [0.15, 0.2) is 5.78 Å². The molecule has 0 radical (unpaired) electrons. The van der Waals surface area contributed by atoms with Gasteiger partial charge in [0.1, 0.15) is 11.8 Å². The minimum absolute atomic E-state index is 0.117. The fourth-order valence-electron chi connectivity index (χ4n) is 1.50. The predicted molar refractivity (Wildman–Crippen MR) is 65.4 cm³/mol. The van der Waals surface area contributed by atoms with E-state index in [1.165, 1.54) is 6.92 Å². The molecule has 5 nitrogen and oxygen atoms in total. The van der Waals surface area contributed by atoms with Crippen LogP contribution in [0, 0.1) is 0 Å². The number of rotatable bonds is 6. The number of carbonyl (C=O) groups excluding carboxylic acids is 2. The lowest BCUT2D eigenvalue weighted by molar-refractivity contribution is -0.138. The average Bonchev–Trinajstić information content (AvgIpc) is 2.28. The molecule has 0 spiro atoms. The normalized spacial score (nSPS) is 11.9. The molecule has 0 aliphatic carbocycles. The molecule has 1 aromatic carbocycles. The number of carbonyl (C=O) groups is 3. The molecule has 0 saturated heterocycles. The van der Waals surface area contributed by atoms with E-state index in [0.717, 1.165) is 5.56 Å². The summed E-state index contributed by atoms with van der Waals surface area (Å²) >= 11 is 0. The zero-order valence-electron chi connectivity index (χ0n) is 10.1. The summed E-state index contributed by atoms with van der Waals surface area (Å²) in [6.07, 6.45) is 0.0878. The Labute approximate surface area is 105 Å². The Bertz CT molecular complexity index is 464. The first-order chi connectivity index (χ1) is 8.40. The van der Waals surface area contributed by atoms with Gasteiger partial charge in [-0.15, -0.1) is 0 Å². The summed E-state index contributed by atoms with van der Waals surface area (Å²) in [5.41, 5.74) is 6.58. The van der Waals surface area contributed by atoms with Crippen molar-refractivity contribution in [2.75, 3.05) is 0 Å². The Hall–Kier alpha value is -2.01. The number of ketones is 2. The molecule has 0 fully saturated rings. The van der Waals surface area contributed by atoms with Crippen LogP contribution in [0.2, 0.25) is 0 Å². The largest absolute Gasteiger partial charge is 0.480 e. The van der Waals surface area contributed by atoms with Crippen molar-refractivity contribution in [1.29, 1.82) is 0 Å². The lowest BCUT2D eigenvalue weighted by Gasteiger charge is -2.06. The average molecular weight is 249 g/mol. The van der Waals surface area contributed by atoms with E-state index in [0.29, 0.717) is 5.56 Å². The third kappa shape index (κ3) is 4.10. The quantitative estimate of drug-likeness (QED) is 0.574. The summed E-state index contributed by atoms with van der Waals surface area (Å²) in [6, 6.07) is 5.50. The molecular weight excluding hydrogens is 234 g/mol. The lowest BCUT2D eigenvalue weighted by Crippen LogP contribution is -2.32. The van der Waals surface area contributed by atoms with Crippen molar-refractivity contribution in [2.45, 2.75) is 25.8 Å². The van der Waals surface area contributed by atoms with E-state index < -0.39 is 12.0 Å². The first-order valence-electron chi connectivity index (χ1n) is 5.50. The van der Waals surface area contributed by atoms with Gasteiger partial charge in [-0.25, -0.2) is 0 Å². The lowest BCUT2D eigenvalue weighted by atomic mass is 10.0. The van der Waals surface area contributed by atoms with E-state index in [4.69, 9.17) is 10.8 Å². The Morgan fingerprint density at radius 3 is 2.22 bits per heavy atom. The fourth-order valence-corrected chi connectivity index (χ4v) is 1.50. The molecule has 18 heavy (non-hydrogen) atoms. The van der Waals surface area contributed by atoms with Crippen molar-refractivity contribution in [3.05, 3.63) is 35.4 Å². The Morgan fingerprint density at radius 2 is 1.78 bits per heavy atom. The van der Waals surface area contributed by atoms with Crippen LogP contribution < -0.4 is 5.73 Å². The second-order valence-corrected chi connectivity index (χ2v) is 4.15. The second kappa shape index (κ2) is 6.07. The molecule has 0 aliphatic heterocycles. The molecule has 5 heteroatoms. The Balaban J connectivity index is 2.71. The summed E-state index contributed by atoms with van der Waals surface area (Å²) in [4.78, 5) is 33.0. The predicted octanol–water partition coefficient (Wildman–Crippen LogP) is 0.803. The van der Waals surface area contributed by atoms with Crippen molar-refractivity contribution in [3.8, 4) is 0 Å². The van der Waals surface area contributed by atoms with Crippen LogP contribution in [0.15, 0.2) is 24.3 Å². The molecule has 1 aromatic rings. The van der Waals surface area contributed by atoms with Gasteiger partial charge in [0.2, 0.25) is 0 Å². The van der Waals surface area contributed by atoms with Gasteiger partial charge in [-0.3, -0.25) is 14.4 Å². The van der Waals surface area contributed by atoms with E-state index in [9.17, 15) is 14.4 Å². The van der Waals surface area contributed by atoms with E-state index in [2.05, 4.69) is 0 Å². The molecule has 3 N–H and O–H groups in total. The third-order valence-corrected chi connectivity index (χ3v) is 2.46. The molecule has 1 unspecified atom stereocenters. The van der Waals surface area contributed by atoms with E-state index in [1.807, 2.05) is 0 Å². The van der Waals surface area contributed by atoms with Crippen LogP contribution in [-0.2, 0) is 16.0 Å². The number of hydrogen-bond donors (Lipinski definition) is 2. The van der Waals surface area contributed by atoms with Crippen molar-refractivity contribution in [1.82, 2.24) is 0 Å². The Morgan fingerprint density at radius 1 is 1.22 bits per heavy atom. The monoisotopic (exact) mass is 249 g/mol. The number of benzene rings is 1. The summed E-state index contributed by atoms with van der Waals surface area (Å²) < 4.78 is 0. The molecular formula is C13H15NO4. The van der Waals surface area contributed by atoms with Gasteiger partial charge in [-0.2, -0.15) is 0 Å². The highest BCUT2D eigenvalue weighted by atomic mass is 16.4. The molecule has 96 valence electrons. The van der Waals surface area contributed by atoms with Gasteiger partial charge in [0.05, 0.1) is 6.42 Å². The summed E-state index contributed by atoms with van der Waals surface area (Å²) in [5.74, 6) is -1.49. The van der Waals surface area contributed by atoms with Gasteiger partial charge in [-0.05, 0) is 18.9 Å². The van der Waals surface area contributed by atoms with E-state index in [1.54, 1.807) is 24.3 Å². The molecule has 0 amide bonds. The molecule has 1 atom stereocenters. The third-order valence-electron chi connectivity index (χ3n) is 2.46. The number of hydrogen-bond acceptors (Lipinski definition) is 4. The minimum atomic E-state index is -1.06. The Kier molecular flexibility index (Phi) is 4.74. The van der Waals surface area contributed by atoms with Crippen molar-refractivity contribution < 1.29 is 19.5 Å². The maximum atomic E-state index is 11.6. The van der Waals surface area contributed by atoms with Gasteiger partial charge >= 0.3 is 5.97 Å². The van der Waals surface area contributed by atoms with Crippen molar-refractivity contribution in [3.63, 3.8) is 0 Å². The maximum absolute atomic E-state index is 11.6. The fraction of sp³-hybridized carbons (Fsp3) is 0.308. The van der Waals surface area contributed by atoms with Crippen LogP contribution in [0.1, 0.15) is 29.3 Å². The van der Waals surface area contributed by atoms with Crippen molar-refractivity contribution >= 4 is 17.5 Å². The van der Waals surface area contributed by atoms with Crippen LogP contribution in [-0.4, -0.2) is 28.7 Å². The highest BCUT2D eigenvalue weighted by Gasteiger charge is 2.13. The van der Waals surface area contributed by atoms with Gasteiger partial charge in [0.25, 0.3) is 0 Å². The molecule has 1 rings (SSSR count). The van der Waals surface area contributed by atoms with Crippen molar-refractivity contribution in [2.24, 2.45) is 5.73 Å². The zero-order chi connectivity index (χ0) is 13.7. The smallest absolute Gasteiger partial charge is 0.320 e. The topological polar surface area (TPSA) is 97.5 Å². The van der Waals surface area contributed by atoms with Gasteiger partial charge < -0.3 is 10.8 Å². The maximum Gasteiger partial charge on any atom is 0.320 e. The second-order valence-electron chi connectivity index (χ2n) is 4.15. The summed E-state index contributed by atoms with van der Waals surface area (Å²) in [6.45, 7) is 1.36. The van der Waals surface area contributed by atoms with Gasteiger partial charge in [-0.1, -0.05) is 24.3 Å². The molecule has 0 saturated carbocycles. The number of carboxylic acid groups (broad SMARTS) is 1. The zero-order valence-corrected chi connectivity index (χ0v) is 10.1. The van der Waals surface area contributed by atoms with Crippen LogP contribution in [0.3, 0.4) is 0 Å². The number of carboxylic acids is 1. The molecule has 0 heterocycles. The van der Waals surface area contributed by atoms with E-state index in [-0.39, 0.29) is 24.4 Å². The van der Waals surface area contributed by atoms with Crippen LogP contribution in [0.5, 0.6) is 0 Å². The number of nitrogens with two attached hydrogens (primary N) is 1. The van der Waals surface area contributed by atoms with Gasteiger partial charge in [0, 0.05) is 5.56 Å². The summed E-state index contributed by atoms with van der Waals surface area (Å²) in [7, 11) is 0.